The SMILES string of the molecule is CN1CCN(Cc2ccc(CNc3ccnc4nccn34)cc2)CC1. The number of imidazole rings is 1. The van der Waals surface area contributed by atoms with Crippen molar-refractivity contribution in [3.8, 4) is 0 Å². The molecule has 0 saturated carbocycles. The van der Waals surface area contributed by atoms with Crippen LogP contribution in [0.3, 0.4) is 0 Å². The van der Waals surface area contributed by atoms with E-state index in [1.54, 1.807) is 12.4 Å². The lowest BCUT2D eigenvalue weighted by molar-refractivity contribution is 0.148. The Morgan fingerprint density at radius 2 is 1.64 bits per heavy atom. The molecule has 3 aromatic rings. The third-order valence-corrected chi connectivity index (χ3v) is 4.80. The maximum absolute atomic E-state index is 4.23. The normalized spacial score (nSPS) is 16.4. The van der Waals surface area contributed by atoms with Gasteiger partial charge in [0, 0.05) is 57.9 Å². The molecule has 1 aliphatic heterocycles. The molecule has 0 spiro atoms. The van der Waals surface area contributed by atoms with Crippen molar-refractivity contribution in [3.05, 3.63) is 60.0 Å². The maximum atomic E-state index is 4.23. The van der Waals surface area contributed by atoms with E-state index in [0.29, 0.717) is 5.78 Å². The number of likely N-dealkylation sites (N-methyl/N-ethyl adjacent to an activating group) is 1. The predicted octanol–water partition coefficient (Wildman–Crippen LogP) is 2.09. The van der Waals surface area contributed by atoms with Crippen LogP contribution in [0.5, 0.6) is 0 Å². The van der Waals surface area contributed by atoms with E-state index < -0.39 is 0 Å². The number of nitrogens with one attached hydrogen (secondary N) is 1. The molecule has 0 unspecified atom stereocenters. The molecule has 130 valence electrons. The lowest BCUT2D eigenvalue weighted by Gasteiger charge is -2.32. The van der Waals surface area contributed by atoms with Crippen LogP contribution < -0.4 is 5.32 Å². The minimum atomic E-state index is 0.715. The molecule has 1 fully saturated rings. The molecular formula is C19H24N6. The summed E-state index contributed by atoms with van der Waals surface area (Å²) in [6.45, 7) is 6.46. The van der Waals surface area contributed by atoms with Crippen molar-refractivity contribution in [2.45, 2.75) is 13.1 Å². The van der Waals surface area contributed by atoms with Gasteiger partial charge in [0.1, 0.15) is 5.82 Å². The Bertz CT molecular complexity index is 817. The van der Waals surface area contributed by atoms with Crippen LogP contribution in [0.25, 0.3) is 5.78 Å². The average Bonchev–Trinajstić information content (AvgIpc) is 3.12. The Morgan fingerprint density at radius 3 is 2.44 bits per heavy atom. The van der Waals surface area contributed by atoms with E-state index >= 15 is 0 Å². The molecule has 0 radical (unpaired) electrons. The van der Waals surface area contributed by atoms with Gasteiger partial charge in [-0.1, -0.05) is 24.3 Å². The minimum Gasteiger partial charge on any atom is -0.367 e. The third-order valence-electron chi connectivity index (χ3n) is 4.80. The summed E-state index contributed by atoms with van der Waals surface area (Å²) in [4.78, 5) is 13.4. The van der Waals surface area contributed by atoms with Crippen LogP contribution in [-0.4, -0.2) is 57.4 Å². The Morgan fingerprint density at radius 1 is 0.920 bits per heavy atom. The summed E-state index contributed by atoms with van der Waals surface area (Å²) in [6.07, 6.45) is 5.47. The zero-order valence-electron chi connectivity index (χ0n) is 14.6. The highest BCUT2D eigenvalue weighted by Crippen LogP contribution is 2.13. The van der Waals surface area contributed by atoms with Crippen LogP contribution in [0.2, 0.25) is 0 Å². The first-order valence-electron chi connectivity index (χ1n) is 8.78. The van der Waals surface area contributed by atoms with E-state index in [2.05, 4.69) is 56.4 Å². The van der Waals surface area contributed by atoms with Crippen molar-refractivity contribution in [2.75, 3.05) is 38.5 Å². The Kier molecular flexibility index (Phi) is 4.63. The number of hydrogen-bond acceptors (Lipinski definition) is 5. The van der Waals surface area contributed by atoms with Gasteiger partial charge in [-0.15, -0.1) is 0 Å². The first-order chi connectivity index (χ1) is 12.3. The van der Waals surface area contributed by atoms with Gasteiger partial charge in [0.25, 0.3) is 0 Å². The van der Waals surface area contributed by atoms with Crippen molar-refractivity contribution in [1.82, 2.24) is 24.2 Å². The van der Waals surface area contributed by atoms with E-state index in [1.165, 1.54) is 11.1 Å². The number of fused-ring (bicyclic) bond motifs is 1. The van der Waals surface area contributed by atoms with Crippen LogP contribution in [0, 0.1) is 0 Å². The quantitative estimate of drug-likeness (QED) is 0.773. The van der Waals surface area contributed by atoms with Crippen molar-refractivity contribution in [2.24, 2.45) is 0 Å². The fraction of sp³-hybridized carbons (Fsp3) is 0.368. The number of aromatic nitrogens is 3. The number of anilines is 1. The van der Waals surface area contributed by atoms with Crippen molar-refractivity contribution in [1.29, 1.82) is 0 Å². The molecule has 0 aliphatic carbocycles. The molecule has 0 bridgehead atoms. The summed E-state index contributed by atoms with van der Waals surface area (Å²) >= 11 is 0. The monoisotopic (exact) mass is 336 g/mol. The predicted molar refractivity (Wildman–Crippen MR) is 99.5 cm³/mol. The van der Waals surface area contributed by atoms with Crippen LogP contribution in [-0.2, 0) is 13.1 Å². The molecule has 25 heavy (non-hydrogen) atoms. The van der Waals surface area contributed by atoms with Crippen LogP contribution in [0.4, 0.5) is 5.82 Å². The zero-order valence-corrected chi connectivity index (χ0v) is 14.6. The van der Waals surface area contributed by atoms with Crippen LogP contribution in [0.1, 0.15) is 11.1 Å². The standard InChI is InChI=1S/C19H24N6/c1-23-10-12-24(13-11-23)15-17-4-2-16(3-5-17)14-22-18-6-7-20-19-21-8-9-25(18)19/h2-9,22H,10-15H2,1H3. The highest BCUT2D eigenvalue weighted by atomic mass is 15.2. The molecule has 6 nitrogen and oxygen atoms in total. The average molecular weight is 336 g/mol. The van der Waals surface area contributed by atoms with E-state index in [1.807, 2.05) is 16.7 Å². The summed E-state index contributed by atoms with van der Waals surface area (Å²) in [5.41, 5.74) is 2.65. The Hall–Kier alpha value is -2.44. The number of rotatable bonds is 5. The third kappa shape index (κ3) is 3.81. The van der Waals surface area contributed by atoms with Gasteiger partial charge in [-0.2, -0.15) is 0 Å². The first kappa shape index (κ1) is 16.1. The molecule has 1 N–H and O–H groups in total. The smallest absolute Gasteiger partial charge is 0.235 e. The summed E-state index contributed by atoms with van der Waals surface area (Å²) in [5.74, 6) is 1.72. The van der Waals surface area contributed by atoms with E-state index in [0.717, 1.165) is 45.1 Å². The van der Waals surface area contributed by atoms with Gasteiger partial charge in [-0.25, -0.2) is 9.97 Å². The summed E-state index contributed by atoms with van der Waals surface area (Å²) in [5, 5.41) is 3.46. The van der Waals surface area contributed by atoms with Gasteiger partial charge in [0.05, 0.1) is 0 Å². The second-order valence-electron chi connectivity index (χ2n) is 6.68. The Labute approximate surface area is 148 Å². The van der Waals surface area contributed by atoms with E-state index in [4.69, 9.17) is 0 Å². The fourth-order valence-corrected chi connectivity index (χ4v) is 3.20. The first-order valence-corrected chi connectivity index (χ1v) is 8.78. The molecule has 1 aliphatic rings. The number of piperazine rings is 1. The van der Waals surface area contributed by atoms with E-state index in [9.17, 15) is 0 Å². The van der Waals surface area contributed by atoms with Gasteiger partial charge >= 0.3 is 0 Å². The van der Waals surface area contributed by atoms with Crippen molar-refractivity contribution >= 4 is 11.6 Å². The highest BCUT2D eigenvalue weighted by molar-refractivity contribution is 5.44. The van der Waals surface area contributed by atoms with Gasteiger partial charge in [0.15, 0.2) is 0 Å². The zero-order chi connectivity index (χ0) is 17.1. The number of nitrogens with zero attached hydrogens (tertiary/aromatic N) is 5. The largest absolute Gasteiger partial charge is 0.367 e. The maximum Gasteiger partial charge on any atom is 0.235 e. The molecule has 6 heteroatoms. The highest BCUT2D eigenvalue weighted by Gasteiger charge is 2.13. The Balaban J connectivity index is 1.35. The van der Waals surface area contributed by atoms with E-state index in [-0.39, 0.29) is 0 Å². The van der Waals surface area contributed by atoms with Gasteiger partial charge in [-0.3, -0.25) is 9.30 Å². The van der Waals surface area contributed by atoms with Crippen molar-refractivity contribution < 1.29 is 0 Å². The summed E-state index contributed by atoms with van der Waals surface area (Å²) < 4.78 is 1.96. The minimum absolute atomic E-state index is 0.715. The van der Waals surface area contributed by atoms with Crippen LogP contribution in [0.15, 0.2) is 48.9 Å². The van der Waals surface area contributed by atoms with Gasteiger partial charge in [0.2, 0.25) is 5.78 Å². The molecule has 0 amide bonds. The topological polar surface area (TPSA) is 48.7 Å². The lowest BCUT2D eigenvalue weighted by Crippen LogP contribution is -2.43. The van der Waals surface area contributed by atoms with Crippen molar-refractivity contribution in [3.63, 3.8) is 0 Å². The molecule has 1 aromatic carbocycles. The molecule has 3 heterocycles. The second kappa shape index (κ2) is 7.21. The number of hydrogen-bond donors (Lipinski definition) is 1. The molecule has 4 rings (SSSR count). The van der Waals surface area contributed by atoms with Gasteiger partial charge in [-0.05, 0) is 24.2 Å². The molecule has 1 saturated heterocycles. The van der Waals surface area contributed by atoms with Gasteiger partial charge < -0.3 is 10.2 Å². The summed E-state index contributed by atoms with van der Waals surface area (Å²) in [6, 6.07) is 10.9. The lowest BCUT2D eigenvalue weighted by atomic mass is 10.1. The number of benzene rings is 1. The van der Waals surface area contributed by atoms with Crippen LogP contribution >= 0.6 is 0 Å². The molecule has 0 atom stereocenters. The molecular weight excluding hydrogens is 312 g/mol. The summed E-state index contributed by atoms with van der Waals surface area (Å²) in [7, 11) is 2.19. The second-order valence-corrected chi connectivity index (χ2v) is 6.68. The molecule has 2 aromatic heterocycles. The fourth-order valence-electron chi connectivity index (χ4n) is 3.20.